The number of allylic oxidation sites excluding steroid dienone is 2. The van der Waals surface area contributed by atoms with Gasteiger partial charge in [-0.2, -0.15) is 0 Å². The molecule has 31 heteroatoms. The van der Waals surface area contributed by atoms with Crippen LogP contribution in [0.5, 0.6) is 34.5 Å². The summed E-state index contributed by atoms with van der Waals surface area (Å²) in [5, 5.41) is 27.8. The number of hydrogen-bond acceptors (Lipinski definition) is 21. The number of aromatic nitrogens is 4. The number of carbonyl (C=O) groups is 2. The number of hydrogen-bond donors (Lipinski definition) is 4. The largest absolute Gasteiger partial charge is 0.493 e. The van der Waals surface area contributed by atoms with Gasteiger partial charge in [0.15, 0.2) is 0 Å². The Morgan fingerprint density at radius 3 is 1.34 bits per heavy atom. The molecule has 666 valence electrons. The van der Waals surface area contributed by atoms with Crippen LogP contribution in [-0.4, -0.2) is 172 Å². The van der Waals surface area contributed by atoms with E-state index >= 15 is 0 Å². The van der Waals surface area contributed by atoms with Gasteiger partial charge in [-0.25, -0.2) is 36.2 Å². The number of aromatic amines is 2. The lowest BCUT2D eigenvalue weighted by molar-refractivity contribution is -0.386. The van der Waals surface area contributed by atoms with Crippen LogP contribution in [0.4, 0.5) is 22.7 Å². The molecule has 9 heterocycles. The molecule has 127 heavy (non-hydrogen) atoms. The van der Waals surface area contributed by atoms with Crippen LogP contribution in [-0.2, 0) is 32.9 Å². The molecule has 2 atom stereocenters. The van der Waals surface area contributed by atoms with Crippen molar-refractivity contribution in [1.82, 2.24) is 44.1 Å². The number of rotatable bonds is 22. The molecule has 6 aromatic carbocycles. The molecular weight excluding hydrogens is 1690 g/mol. The lowest BCUT2D eigenvalue weighted by Gasteiger charge is -2.39. The first-order valence-electron chi connectivity index (χ1n) is 44.1. The number of anilines is 2. The summed E-state index contributed by atoms with van der Waals surface area (Å²) in [5.74, 6) is 0.355. The highest BCUT2D eigenvalue weighted by molar-refractivity contribution is 7.90. The van der Waals surface area contributed by atoms with Gasteiger partial charge in [0.1, 0.15) is 45.8 Å². The number of likely N-dealkylation sites (tertiary alicyclic amines) is 1. The summed E-state index contributed by atoms with van der Waals surface area (Å²) in [5.41, 5.74) is 11.7. The fourth-order valence-corrected chi connectivity index (χ4v) is 21.9. The van der Waals surface area contributed by atoms with E-state index in [1.54, 1.807) is 60.9 Å². The number of H-pyrrole nitrogens is 2. The highest BCUT2D eigenvalue weighted by atomic mass is 35.5. The van der Waals surface area contributed by atoms with Gasteiger partial charge in [0.2, 0.25) is 0 Å². The molecule has 10 aromatic rings. The van der Waals surface area contributed by atoms with Crippen molar-refractivity contribution >= 4 is 111 Å². The summed E-state index contributed by atoms with van der Waals surface area (Å²) in [6, 6.07) is 38.5. The number of carbonyl (C=O) groups excluding carboxylic acids is 2. The molecule has 0 unspecified atom stereocenters. The number of nitrogens with one attached hydrogen (secondary N) is 4. The van der Waals surface area contributed by atoms with Crippen LogP contribution >= 0.6 is 23.2 Å². The minimum atomic E-state index is -4.61. The molecule has 18 rings (SSSR count). The monoisotopic (exact) mass is 1800 g/mol. The number of sulfonamides is 2. The summed E-state index contributed by atoms with van der Waals surface area (Å²) in [4.78, 5) is 77.6. The van der Waals surface area contributed by atoms with E-state index < -0.39 is 51.5 Å². The number of ether oxygens (including phenoxy) is 4. The molecule has 0 bridgehead atoms. The van der Waals surface area contributed by atoms with Gasteiger partial charge in [-0.3, -0.25) is 39.6 Å². The number of pyridine rings is 2. The van der Waals surface area contributed by atoms with Crippen molar-refractivity contribution in [2.24, 2.45) is 34.5 Å². The number of piperazine rings is 2. The Kier molecular flexibility index (Phi) is 25.7. The molecule has 5 aliphatic heterocycles. The van der Waals surface area contributed by atoms with Gasteiger partial charge in [0, 0.05) is 158 Å². The second-order valence-corrected chi connectivity index (χ2v) is 41.2. The van der Waals surface area contributed by atoms with Gasteiger partial charge in [-0.1, -0.05) is 118 Å². The van der Waals surface area contributed by atoms with Crippen molar-refractivity contribution in [1.29, 1.82) is 0 Å². The minimum absolute atomic E-state index is 0.0314. The predicted octanol–water partition coefficient (Wildman–Crippen LogP) is 18.7. The van der Waals surface area contributed by atoms with Gasteiger partial charge >= 0.3 is 0 Å². The van der Waals surface area contributed by atoms with E-state index in [1.807, 2.05) is 36.4 Å². The Labute approximate surface area is 750 Å². The van der Waals surface area contributed by atoms with Crippen LogP contribution < -0.4 is 38.2 Å². The zero-order valence-corrected chi connectivity index (χ0v) is 75.3. The van der Waals surface area contributed by atoms with Crippen LogP contribution in [0.1, 0.15) is 154 Å². The Morgan fingerprint density at radius 1 is 0.520 bits per heavy atom. The maximum Gasteiger partial charge on any atom is 0.277 e. The SMILES string of the molecule is CC1(C)CCC(CN2CCN(c3ccc(C(=O)NS(=O)(=O)c4cc5c(c([N+](=O)[O-])c4)C[C@@H](C4CCCCC4)CO5)c(Oc4cnc5[nH]ccc5c4)c3)CC2)=C(c2ccc(Cl)cc2)C1.CN1CCC([C@H]2COc3cc(S(=O)(=O)NC(=O)c4ccc(N5CCN(CC6=C(c7ccc(Cl)cc7)CC(C)(C)CC6)CC5)cc4Oc4cnc5[nH]ccc5c4)cc([N+](=O)[O-])c3C2)CC1. The number of nitrogens with zero attached hydrogens (tertiary/aromatic N) is 9. The minimum Gasteiger partial charge on any atom is -0.493 e. The van der Waals surface area contributed by atoms with Crippen LogP contribution in [0.2, 0.25) is 10.0 Å². The van der Waals surface area contributed by atoms with Gasteiger partial charge < -0.3 is 43.6 Å². The molecule has 1 saturated carbocycles. The lowest BCUT2D eigenvalue weighted by atomic mass is 9.72. The van der Waals surface area contributed by atoms with Crippen molar-refractivity contribution in [3.8, 4) is 34.5 Å². The van der Waals surface area contributed by atoms with Crippen LogP contribution in [0, 0.1) is 54.7 Å². The average Bonchev–Trinajstić information content (AvgIpc) is 1.31. The van der Waals surface area contributed by atoms with E-state index in [4.69, 9.17) is 42.1 Å². The van der Waals surface area contributed by atoms with Crippen molar-refractivity contribution in [3.05, 3.63) is 233 Å². The van der Waals surface area contributed by atoms with Gasteiger partial charge in [-0.15, -0.1) is 0 Å². The normalized spacial score (nSPS) is 19.8. The smallest absolute Gasteiger partial charge is 0.277 e. The molecule has 3 aliphatic carbocycles. The molecule has 2 amide bonds. The third kappa shape index (κ3) is 20.3. The molecule has 4 fully saturated rings. The molecule has 4 N–H and O–H groups in total. The maximum atomic E-state index is 14.1. The highest BCUT2D eigenvalue weighted by Gasteiger charge is 2.40. The van der Waals surface area contributed by atoms with Crippen molar-refractivity contribution in [2.75, 3.05) is 109 Å². The summed E-state index contributed by atoms with van der Waals surface area (Å²) in [6.45, 7) is 19.9. The first-order chi connectivity index (χ1) is 61.0. The number of benzene rings is 6. The molecule has 0 spiro atoms. The van der Waals surface area contributed by atoms with Crippen molar-refractivity contribution in [3.63, 3.8) is 0 Å². The van der Waals surface area contributed by atoms with E-state index in [0.717, 1.165) is 200 Å². The molecule has 4 aromatic heterocycles. The van der Waals surface area contributed by atoms with E-state index in [-0.39, 0.29) is 68.2 Å². The molecule has 3 saturated heterocycles. The average molecular weight is 1800 g/mol. The van der Waals surface area contributed by atoms with Crippen LogP contribution in [0.15, 0.2) is 179 Å². The van der Waals surface area contributed by atoms with Crippen molar-refractivity contribution < 1.29 is 55.2 Å². The van der Waals surface area contributed by atoms with Crippen LogP contribution in [0.25, 0.3) is 33.2 Å². The number of nitro benzene ring substituents is 2. The zero-order chi connectivity index (χ0) is 88.6. The van der Waals surface area contributed by atoms with Gasteiger partial charge in [0.25, 0.3) is 43.2 Å². The Morgan fingerprint density at radius 2 is 0.929 bits per heavy atom. The third-order valence-electron chi connectivity index (χ3n) is 27.1. The standard InChI is InChI=1S/C48H54ClN7O7S.C48H53ClN6O7S/c1-48(2)14-10-34(42(27-48)32-4-6-36(49)7-5-32)29-54-18-20-55(21-19-54)37-8-9-40(45(24-37)63-38-22-33-11-15-50-46(33)51-28-38)47(57)52-64(60,61)39-25-43(56(58)59)41-23-35(30-62-44(41)26-39)31-12-16-53(3)17-13-31;1-48(2)16-14-34(42(27-48)32-8-10-36(49)11-9-32)29-53-18-20-54(21-19-53)37-12-13-40(45(24-37)62-38-22-33-15-17-50-46(33)51-28-38)47(56)52-63(59,60)39-25-43(55(57)58)41-23-35(30-61-44(41)26-39)31-6-4-3-5-7-31/h4-9,11,15,22,24-26,28,31,35H,10,12-14,16-21,23,27,29-30H2,1-3H3,(H,50,51)(H,52,57);8-13,15,17,22,24-26,28,31,35H,3-7,14,16,18-21,23,27,29-30H2,1-2H3,(H,50,51)(H,52,56)/t2*35-/m11/s1. The van der Waals surface area contributed by atoms with E-state index in [2.05, 4.69) is 113 Å². The van der Waals surface area contributed by atoms with Crippen LogP contribution in [0.3, 0.4) is 0 Å². The number of piperidine rings is 1. The Bertz CT molecular complexity index is 6150. The molecular formula is C96H107Cl2N13O14S2. The molecule has 0 radical (unpaired) electrons. The number of amides is 2. The summed E-state index contributed by atoms with van der Waals surface area (Å²) in [7, 11) is -7.14. The second-order valence-electron chi connectivity index (χ2n) is 36.9. The number of nitro groups is 2. The predicted molar refractivity (Wildman–Crippen MR) is 492 cm³/mol. The quantitative estimate of drug-likeness (QED) is 0.0362. The zero-order valence-electron chi connectivity index (χ0n) is 72.1. The van der Waals surface area contributed by atoms with E-state index in [0.29, 0.717) is 71.8 Å². The summed E-state index contributed by atoms with van der Waals surface area (Å²) in [6.07, 6.45) is 21.4. The van der Waals surface area contributed by atoms with E-state index in [9.17, 15) is 46.7 Å². The maximum absolute atomic E-state index is 14.1. The summed E-state index contributed by atoms with van der Waals surface area (Å²) < 4.78 is 84.9. The molecule has 8 aliphatic rings. The highest BCUT2D eigenvalue weighted by Crippen LogP contribution is 2.49. The summed E-state index contributed by atoms with van der Waals surface area (Å²) >= 11 is 12.5. The van der Waals surface area contributed by atoms with Gasteiger partial charge in [0.05, 0.1) is 67.5 Å². The van der Waals surface area contributed by atoms with Crippen molar-refractivity contribution in [2.45, 2.75) is 134 Å². The third-order valence-corrected chi connectivity index (χ3v) is 30.2. The van der Waals surface area contributed by atoms with Gasteiger partial charge in [-0.05, 0) is 202 Å². The lowest BCUT2D eigenvalue weighted by Crippen LogP contribution is -2.47. The second kappa shape index (κ2) is 37.0. The topological polar surface area (TPSA) is 323 Å². The molecule has 27 nitrogen and oxygen atoms in total. The van der Waals surface area contributed by atoms with E-state index in [1.165, 1.54) is 64.4 Å². The first-order valence-corrected chi connectivity index (χ1v) is 47.8. The fourth-order valence-electron chi connectivity index (χ4n) is 19.7. The number of fused-ring (bicyclic) bond motifs is 4. The Hall–Kier alpha value is -10.9. The first kappa shape index (κ1) is 88.1. The Balaban J connectivity index is 0.000000179. The fraction of sp³-hybridized carbons (Fsp3) is 0.417. The number of halogens is 2.